The van der Waals surface area contributed by atoms with Gasteiger partial charge in [0.05, 0.1) is 30.6 Å². The van der Waals surface area contributed by atoms with Crippen molar-refractivity contribution in [1.82, 2.24) is 9.78 Å². The van der Waals surface area contributed by atoms with E-state index in [2.05, 4.69) is 5.10 Å². The van der Waals surface area contributed by atoms with Crippen molar-refractivity contribution in [2.45, 2.75) is 45.4 Å². The van der Waals surface area contributed by atoms with Gasteiger partial charge in [0.2, 0.25) is 0 Å². The van der Waals surface area contributed by atoms with Crippen LogP contribution in [0.1, 0.15) is 27.7 Å². The lowest BCUT2D eigenvalue weighted by molar-refractivity contribution is 0.00578. The van der Waals surface area contributed by atoms with Gasteiger partial charge >= 0.3 is 7.12 Å². The fourth-order valence-electron chi connectivity index (χ4n) is 2.75. The summed E-state index contributed by atoms with van der Waals surface area (Å²) in [6, 6.07) is 3.03. The van der Waals surface area contributed by atoms with Crippen molar-refractivity contribution in [1.29, 1.82) is 0 Å². The smallest absolute Gasteiger partial charge is 0.399 e. The van der Waals surface area contributed by atoms with Gasteiger partial charge < -0.3 is 14.0 Å². The second-order valence-electron chi connectivity index (χ2n) is 7.40. The number of ether oxygens (including phenoxy) is 1. The third-order valence-corrected chi connectivity index (χ3v) is 5.09. The molecule has 2 heterocycles. The molecule has 1 aliphatic rings. The van der Waals surface area contributed by atoms with Gasteiger partial charge in [-0.3, -0.25) is 4.68 Å². The molecule has 2 aromatic rings. The Morgan fingerprint density at radius 1 is 1.12 bits per heavy atom. The van der Waals surface area contributed by atoms with Gasteiger partial charge in [0.15, 0.2) is 11.6 Å². The van der Waals surface area contributed by atoms with Crippen molar-refractivity contribution in [2.24, 2.45) is 0 Å². The first-order valence-electron chi connectivity index (χ1n) is 8.51. The van der Waals surface area contributed by atoms with Crippen molar-refractivity contribution >= 4 is 12.6 Å². The number of hydrogen-bond acceptors (Lipinski definition) is 4. The first-order valence-corrected chi connectivity index (χ1v) is 8.51. The van der Waals surface area contributed by atoms with Crippen LogP contribution in [0.2, 0.25) is 0 Å². The number of methoxy groups -OCH3 is 1. The van der Waals surface area contributed by atoms with E-state index in [1.54, 1.807) is 18.0 Å². The molecule has 0 saturated carbocycles. The molecule has 0 radical (unpaired) electrons. The maximum Gasteiger partial charge on any atom is 0.497 e. The van der Waals surface area contributed by atoms with Crippen molar-refractivity contribution in [3.8, 4) is 11.1 Å². The average molecular weight is 364 g/mol. The number of benzene rings is 1. The van der Waals surface area contributed by atoms with Gasteiger partial charge in [0.1, 0.15) is 0 Å². The van der Waals surface area contributed by atoms with Gasteiger partial charge in [-0.1, -0.05) is 12.1 Å². The molecule has 0 spiro atoms. The van der Waals surface area contributed by atoms with E-state index >= 15 is 0 Å². The Kier molecular flexibility index (Phi) is 4.94. The highest BCUT2D eigenvalue weighted by Crippen LogP contribution is 2.37. The zero-order valence-corrected chi connectivity index (χ0v) is 15.7. The van der Waals surface area contributed by atoms with E-state index in [0.717, 1.165) is 0 Å². The maximum absolute atomic E-state index is 14.7. The summed E-state index contributed by atoms with van der Waals surface area (Å²) in [5, 5.41) is 4.14. The fraction of sp³-hybridized carbons (Fsp3) is 0.500. The molecule has 1 aromatic heterocycles. The van der Waals surface area contributed by atoms with Crippen molar-refractivity contribution in [3.05, 3.63) is 36.2 Å². The van der Waals surface area contributed by atoms with Crippen LogP contribution in [0.25, 0.3) is 11.1 Å². The molecule has 1 fully saturated rings. The van der Waals surface area contributed by atoms with Gasteiger partial charge in [0, 0.05) is 29.9 Å². The quantitative estimate of drug-likeness (QED) is 0.766. The summed E-state index contributed by atoms with van der Waals surface area (Å²) in [6.07, 6.45) is 3.16. The molecule has 0 amide bonds. The minimum Gasteiger partial charge on any atom is -0.399 e. The Labute approximate surface area is 152 Å². The number of nitrogens with zero attached hydrogens (tertiary/aromatic N) is 2. The lowest BCUT2D eigenvalue weighted by Crippen LogP contribution is -2.41. The van der Waals surface area contributed by atoms with Crippen LogP contribution in [0.3, 0.4) is 0 Å². The molecule has 5 nitrogen and oxygen atoms in total. The molecule has 1 saturated heterocycles. The van der Waals surface area contributed by atoms with Crippen LogP contribution in [0.4, 0.5) is 8.78 Å². The number of hydrogen-bond donors (Lipinski definition) is 0. The first-order chi connectivity index (χ1) is 12.2. The van der Waals surface area contributed by atoms with Gasteiger partial charge in [-0.25, -0.2) is 8.78 Å². The van der Waals surface area contributed by atoms with Crippen LogP contribution in [0.15, 0.2) is 24.5 Å². The van der Waals surface area contributed by atoms with Crippen LogP contribution in [-0.4, -0.2) is 41.8 Å². The van der Waals surface area contributed by atoms with Crippen LogP contribution < -0.4 is 5.46 Å². The van der Waals surface area contributed by atoms with Crippen molar-refractivity contribution < 1.29 is 22.8 Å². The van der Waals surface area contributed by atoms with E-state index in [1.165, 1.54) is 18.3 Å². The average Bonchev–Trinajstić information content (AvgIpc) is 3.10. The van der Waals surface area contributed by atoms with E-state index in [4.69, 9.17) is 14.0 Å². The monoisotopic (exact) mass is 364 g/mol. The van der Waals surface area contributed by atoms with Gasteiger partial charge in [0.25, 0.3) is 0 Å². The molecular formula is C18H23BF2N2O3. The van der Waals surface area contributed by atoms with E-state index in [9.17, 15) is 8.78 Å². The third-order valence-electron chi connectivity index (χ3n) is 5.09. The Morgan fingerprint density at radius 2 is 1.77 bits per heavy atom. The number of aromatic nitrogens is 2. The molecule has 0 aliphatic carbocycles. The predicted octanol–water partition coefficient (Wildman–Crippen LogP) is 2.77. The minimum absolute atomic E-state index is 0.0525. The summed E-state index contributed by atoms with van der Waals surface area (Å²) < 4.78 is 47.7. The fourth-order valence-corrected chi connectivity index (χ4v) is 2.75. The first kappa shape index (κ1) is 19.0. The predicted molar refractivity (Wildman–Crippen MR) is 95.2 cm³/mol. The summed E-state index contributed by atoms with van der Waals surface area (Å²) in [6.45, 7) is 8.48. The lowest BCUT2D eigenvalue weighted by atomic mass is 9.78. The number of rotatable bonds is 5. The van der Waals surface area contributed by atoms with Crippen molar-refractivity contribution in [3.63, 3.8) is 0 Å². The summed E-state index contributed by atoms with van der Waals surface area (Å²) >= 11 is 0. The minimum atomic E-state index is -0.967. The molecule has 0 atom stereocenters. The molecule has 0 N–H and O–H groups in total. The largest absolute Gasteiger partial charge is 0.497 e. The Morgan fingerprint density at radius 3 is 2.38 bits per heavy atom. The molecule has 8 heteroatoms. The summed E-state index contributed by atoms with van der Waals surface area (Å²) in [7, 11) is 0.640. The molecule has 26 heavy (non-hydrogen) atoms. The normalized spacial score (nSPS) is 18.5. The van der Waals surface area contributed by atoms with Gasteiger partial charge in [-0.2, -0.15) is 5.10 Å². The third kappa shape index (κ3) is 3.29. The van der Waals surface area contributed by atoms with E-state index in [0.29, 0.717) is 18.7 Å². The molecule has 0 unspecified atom stereocenters. The van der Waals surface area contributed by atoms with Gasteiger partial charge in [-0.15, -0.1) is 0 Å². The number of halogens is 2. The maximum atomic E-state index is 14.7. The van der Waals surface area contributed by atoms with Gasteiger partial charge in [-0.05, 0) is 27.7 Å². The molecular weight excluding hydrogens is 341 g/mol. The summed E-state index contributed by atoms with van der Waals surface area (Å²) in [5.41, 5.74) is -0.551. The Balaban J connectivity index is 1.89. The standard InChI is InChI=1S/C18H23BF2N2O3/c1-17(2)18(3,4)26-19(25-17)14-7-6-13(15(20)16(14)21)12-10-22-23(11-12)8-9-24-5/h6-7,10-11H,8-9H2,1-5H3. The Hall–Kier alpha value is -1.77. The topological polar surface area (TPSA) is 45.5 Å². The summed E-state index contributed by atoms with van der Waals surface area (Å²) in [4.78, 5) is 0. The van der Waals surface area contributed by atoms with Crippen LogP contribution in [-0.2, 0) is 20.6 Å². The Bertz CT molecular complexity index is 792. The molecule has 3 rings (SSSR count). The zero-order valence-electron chi connectivity index (χ0n) is 15.7. The second-order valence-corrected chi connectivity index (χ2v) is 7.40. The second kappa shape index (κ2) is 6.76. The van der Waals surface area contributed by atoms with Crippen molar-refractivity contribution in [2.75, 3.05) is 13.7 Å². The zero-order chi connectivity index (χ0) is 19.1. The highest BCUT2D eigenvalue weighted by Gasteiger charge is 2.52. The van der Waals surface area contributed by atoms with E-state index in [1.807, 2.05) is 27.7 Å². The van der Waals surface area contributed by atoms with E-state index < -0.39 is 30.0 Å². The highest BCUT2D eigenvalue weighted by atomic mass is 19.2. The van der Waals surface area contributed by atoms with Crippen LogP contribution in [0.5, 0.6) is 0 Å². The molecule has 0 bridgehead atoms. The molecule has 1 aromatic carbocycles. The molecule has 1 aliphatic heterocycles. The van der Waals surface area contributed by atoms with Crippen LogP contribution >= 0.6 is 0 Å². The summed E-state index contributed by atoms with van der Waals surface area (Å²) in [5.74, 6) is -1.91. The molecule has 140 valence electrons. The van der Waals surface area contributed by atoms with Crippen LogP contribution in [0, 0.1) is 11.6 Å². The highest BCUT2D eigenvalue weighted by molar-refractivity contribution is 6.62. The van der Waals surface area contributed by atoms with E-state index in [-0.39, 0.29) is 11.0 Å². The SMILES string of the molecule is COCCn1cc(-c2ccc(B3OC(C)(C)C(C)(C)O3)c(F)c2F)cn1. The lowest BCUT2D eigenvalue weighted by Gasteiger charge is -2.32.